The number of hydrogen-bond donors (Lipinski definition) is 0. The van der Waals surface area contributed by atoms with E-state index in [1.807, 2.05) is 6.20 Å². The smallest absolute Gasteiger partial charge is 0.167 e. The van der Waals surface area contributed by atoms with Gasteiger partial charge in [0.1, 0.15) is 0 Å². The number of fused-ring (bicyclic) bond motifs is 1. The van der Waals surface area contributed by atoms with Gasteiger partial charge in [0.2, 0.25) is 0 Å². The molecule has 1 atom stereocenters. The monoisotopic (exact) mass is 372 g/mol. The first-order chi connectivity index (χ1) is 12.8. The lowest BCUT2D eigenvalue weighted by Gasteiger charge is -2.29. The quantitative estimate of drug-likeness (QED) is 0.728. The molecule has 140 valence electrons. The standard InChI is InChI=1S/C20H28N4OS/c1-3-24-17(12-21-20(24)26-2)15-23-14-16(13-22-8-10-25-11-9-22)18-6-4-5-7-19(18)23/h4-7,12,16H,3,8-11,13-15H2,1-2H3/t16-/m1/s1. The lowest BCUT2D eigenvalue weighted by atomic mass is 10.0. The fourth-order valence-corrected chi connectivity index (χ4v) is 4.82. The predicted molar refractivity (Wildman–Crippen MR) is 107 cm³/mol. The molecule has 26 heavy (non-hydrogen) atoms. The summed E-state index contributed by atoms with van der Waals surface area (Å²) in [4.78, 5) is 9.68. The summed E-state index contributed by atoms with van der Waals surface area (Å²) < 4.78 is 7.84. The largest absolute Gasteiger partial charge is 0.379 e. The summed E-state index contributed by atoms with van der Waals surface area (Å²) in [6.45, 7) is 10.1. The van der Waals surface area contributed by atoms with Crippen molar-refractivity contribution in [3.8, 4) is 0 Å². The van der Waals surface area contributed by atoms with Crippen LogP contribution in [0.3, 0.4) is 0 Å². The van der Waals surface area contributed by atoms with E-state index < -0.39 is 0 Å². The maximum atomic E-state index is 5.51. The molecule has 1 aromatic heterocycles. The van der Waals surface area contributed by atoms with Crippen LogP contribution in [0.2, 0.25) is 0 Å². The molecule has 2 aromatic rings. The van der Waals surface area contributed by atoms with Crippen molar-refractivity contribution in [2.45, 2.75) is 31.1 Å². The van der Waals surface area contributed by atoms with Crippen LogP contribution >= 0.6 is 11.8 Å². The van der Waals surface area contributed by atoms with E-state index in [2.05, 4.69) is 56.8 Å². The van der Waals surface area contributed by atoms with Crippen LogP contribution in [-0.4, -0.2) is 60.1 Å². The minimum Gasteiger partial charge on any atom is -0.379 e. The first kappa shape index (κ1) is 17.9. The highest BCUT2D eigenvalue weighted by Crippen LogP contribution is 2.37. The van der Waals surface area contributed by atoms with Crippen molar-refractivity contribution < 1.29 is 4.74 Å². The Morgan fingerprint density at radius 1 is 1.23 bits per heavy atom. The Morgan fingerprint density at radius 2 is 2.04 bits per heavy atom. The van der Waals surface area contributed by atoms with Crippen LogP contribution in [0, 0.1) is 0 Å². The average molecular weight is 373 g/mol. The second kappa shape index (κ2) is 8.03. The number of ether oxygens (including phenoxy) is 1. The minimum absolute atomic E-state index is 0.572. The van der Waals surface area contributed by atoms with Gasteiger partial charge in [-0.2, -0.15) is 0 Å². The van der Waals surface area contributed by atoms with Crippen LogP contribution < -0.4 is 4.90 Å². The van der Waals surface area contributed by atoms with Gasteiger partial charge in [0.05, 0.1) is 31.6 Å². The number of benzene rings is 1. The van der Waals surface area contributed by atoms with Crippen molar-refractivity contribution in [2.75, 3.05) is 50.5 Å². The number of morpholine rings is 1. The van der Waals surface area contributed by atoms with Crippen molar-refractivity contribution in [2.24, 2.45) is 0 Å². The number of hydrogen-bond acceptors (Lipinski definition) is 5. The summed E-state index contributed by atoms with van der Waals surface area (Å²) >= 11 is 1.72. The third-order valence-corrected chi connectivity index (χ3v) is 6.18. The van der Waals surface area contributed by atoms with E-state index in [0.29, 0.717) is 5.92 Å². The molecule has 2 aliphatic heterocycles. The van der Waals surface area contributed by atoms with Crippen LogP contribution in [0.1, 0.15) is 24.1 Å². The number of rotatable bonds is 6. The van der Waals surface area contributed by atoms with Gasteiger partial charge in [-0.15, -0.1) is 0 Å². The van der Waals surface area contributed by atoms with Gasteiger partial charge < -0.3 is 14.2 Å². The molecule has 1 fully saturated rings. The zero-order chi connectivity index (χ0) is 17.9. The van der Waals surface area contributed by atoms with Crippen molar-refractivity contribution in [3.63, 3.8) is 0 Å². The Balaban J connectivity index is 1.53. The molecular weight excluding hydrogens is 344 g/mol. The average Bonchev–Trinajstić information content (AvgIpc) is 3.24. The Hall–Kier alpha value is -1.50. The van der Waals surface area contributed by atoms with E-state index in [9.17, 15) is 0 Å². The summed E-state index contributed by atoms with van der Waals surface area (Å²) in [6.07, 6.45) is 4.15. The predicted octanol–water partition coefficient (Wildman–Crippen LogP) is 3.06. The molecule has 6 heteroatoms. The summed E-state index contributed by atoms with van der Waals surface area (Å²) in [5.74, 6) is 0.572. The molecular formula is C20H28N4OS. The number of thioether (sulfide) groups is 1. The van der Waals surface area contributed by atoms with Crippen molar-refractivity contribution in [1.82, 2.24) is 14.5 Å². The molecule has 0 saturated carbocycles. The molecule has 0 aliphatic carbocycles. The Morgan fingerprint density at radius 3 is 2.81 bits per heavy atom. The Labute approximate surface area is 160 Å². The van der Waals surface area contributed by atoms with E-state index in [-0.39, 0.29) is 0 Å². The van der Waals surface area contributed by atoms with Crippen molar-refractivity contribution in [3.05, 3.63) is 41.7 Å². The third-order valence-electron chi connectivity index (χ3n) is 5.49. The first-order valence-electron chi connectivity index (χ1n) is 9.52. The van der Waals surface area contributed by atoms with Crippen LogP contribution in [0.15, 0.2) is 35.6 Å². The molecule has 1 aromatic carbocycles. The fourth-order valence-electron chi connectivity index (χ4n) is 4.20. The molecule has 0 spiro atoms. The normalized spacial score (nSPS) is 20.5. The summed E-state index contributed by atoms with van der Waals surface area (Å²) in [5.41, 5.74) is 4.19. The number of nitrogens with zero attached hydrogens (tertiary/aromatic N) is 4. The second-order valence-electron chi connectivity index (χ2n) is 7.03. The van der Waals surface area contributed by atoms with Gasteiger partial charge in [-0.1, -0.05) is 30.0 Å². The van der Waals surface area contributed by atoms with Gasteiger partial charge in [0.25, 0.3) is 0 Å². The molecule has 1 saturated heterocycles. The van der Waals surface area contributed by atoms with E-state index in [1.54, 1.807) is 11.8 Å². The van der Waals surface area contributed by atoms with Gasteiger partial charge in [0, 0.05) is 44.3 Å². The van der Waals surface area contributed by atoms with Gasteiger partial charge in [-0.25, -0.2) is 4.98 Å². The van der Waals surface area contributed by atoms with Crippen LogP contribution in [0.5, 0.6) is 0 Å². The highest BCUT2D eigenvalue weighted by molar-refractivity contribution is 7.98. The van der Waals surface area contributed by atoms with Gasteiger partial charge in [-0.3, -0.25) is 4.90 Å². The highest BCUT2D eigenvalue weighted by atomic mass is 32.2. The topological polar surface area (TPSA) is 33.5 Å². The number of imidazole rings is 1. The fraction of sp³-hybridized carbons (Fsp3) is 0.550. The summed E-state index contributed by atoms with van der Waals surface area (Å²) in [6, 6.07) is 8.92. The first-order valence-corrected chi connectivity index (χ1v) is 10.7. The molecule has 4 rings (SSSR count). The van der Waals surface area contributed by atoms with Crippen LogP contribution in [0.4, 0.5) is 5.69 Å². The molecule has 2 aliphatic rings. The van der Waals surface area contributed by atoms with Crippen molar-refractivity contribution in [1.29, 1.82) is 0 Å². The van der Waals surface area contributed by atoms with Crippen LogP contribution in [0.25, 0.3) is 0 Å². The minimum atomic E-state index is 0.572. The molecule has 0 amide bonds. The summed E-state index contributed by atoms with van der Waals surface area (Å²) in [5, 5.41) is 1.11. The Kier molecular flexibility index (Phi) is 5.52. The molecule has 0 bridgehead atoms. The summed E-state index contributed by atoms with van der Waals surface area (Å²) in [7, 11) is 0. The lowest BCUT2D eigenvalue weighted by Crippen LogP contribution is -2.39. The molecule has 0 unspecified atom stereocenters. The number of anilines is 1. The SMILES string of the molecule is CCn1c(CN2C[C@@H](CN3CCOCC3)c3ccccc32)cnc1SC. The highest BCUT2D eigenvalue weighted by Gasteiger charge is 2.30. The van der Waals surface area contributed by atoms with Gasteiger partial charge in [-0.05, 0) is 24.8 Å². The molecule has 5 nitrogen and oxygen atoms in total. The zero-order valence-electron chi connectivity index (χ0n) is 15.7. The van der Waals surface area contributed by atoms with Crippen LogP contribution in [-0.2, 0) is 17.8 Å². The van der Waals surface area contributed by atoms with E-state index in [4.69, 9.17) is 4.74 Å². The van der Waals surface area contributed by atoms with Gasteiger partial charge >= 0.3 is 0 Å². The Bertz CT molecular complexity index is 741. The number of aromatic nitrogens is 2. The molecule has 3 heterocycles. The maximum absolute atomic E-state index is 5.51. The lowest BCUT2D eigenvalue weighted by molar-refractivity contribution is 0.0356. The van der Waals surface area contributed by atoms with E-state index in [1.165, 1.54) is 16.9 Å². The maximum Gasteiger partial charge on any atom is 0.167 e. The van der Waals surface area contributed by atoms with Crippen molar-refractivity contribution >= 4 is 17.4 Å². The second-order valence-corrected chi connectivity index (χ2v) is 7.80. The van der Waals surface area contributed by atoms with E-state index >= 15 is 0 Å². The van der Waals surface area contributed by atoms with E-state index in [0.717, 1.165) is 57.6 Å². The zero-order valence-corrected chi connectivity index (χ0v) is 16.5. The molecule has 0 radical (unpaired) electrons. The third kappa shape index (κ3) is 3.50. The number of para-hydroxylation sites is 1. The molecule has 0 N–H and O–H groups in total. The van der Waals surface area contributed by atoms with Gasteiger partial charge in [0.15, 0.2) is 5.16 Å².